The minimum absolute atomic E-state index is 0.212. The number of benzene rings is 1. The number of aromatic nitrogens is 2. The van der Waals surface area contributed by atoms with Crippen LogP contribution in [0.1, 0.15) is 29.2 Å². The number of aliphatic hydroxyl groups is 1. The molecule has 0 amide bonds. The number of imidazole rings is 1. The molecule has 0 spiro atoms. The van der Waals surface area contributed by atoms with Gasteiger partial charge in [0.15, 0.2) is 0 Å². The zero-order valence-corrected chi connectivity index (χ0v) is 11.9. The number of halogens is 1. The van der Waals surface area contributed by atoms with E-state index in [1.165, 1.54) is 7.11 Å². The maximum absolute atomic E-state index is 11.5. The molecule has 0 atom stereocenters. The standard InChI is InChI=1S/C13H13BrN2O3/c1-19-13(18)7-2-10(14)12-11(3-7)15-6-16(12)8-4-9(17)5-8/h2-3,6,8-9,17H,4-5H2,1H3. The summed E-state index contributed by atoms with van der Waals surface area (Å²) in [6.45, 7) is 0. The molecule has 3 rings (SSSR count). The Bertz CT molecular complexity index is 647. The summed E-state index contributed by atoms with van der Waals surface area (Å²) in [5, 5.41) is 9.40. The van der Waals surface area contributed by atoms with Crippen LogP contribution in [0.25, 0.3) is 11.0 Å². The molecule has 2 aromatic rings. The molecule has 5 nitrogen and oxygen atoms in total. The third kappa shape index (κ3) is 2.04. The number of carbonyl (C=O) groups excluding carboxylic acids is 1. The van der Waals surface area contributed by atoms with E-state index in [2.05, 4.69) is 20.9 Å². The van der Waals surface area contributed by atoms with Crippen molar-refractivity contribution in [2.45, 2.75) is 25.0 Å². The van der Waals surface area contributed by atoms with Crippen LogP contribution in [-0.2, 0) is 4.74 Å². The molecule has 0 saturated heterocycles. The summed E-state index contributed by atoms with van der Waals surface area (Å²) in [4.78, 5) is 15.9. The van der Waals surface area contributed by atoms with Crippen molar-refractivity contribution in [1.29, 1.82) is 0 Å². The number of ether oxygens (including phenoxy) is 1. The molecule has 1 aliphatic rings. The molecule has 6 heteroatoms. The van der Waals surface area contributed by atoms with Crippen molar-refractivity contribution in [1.82, 2.24) is 9.55 Å². The molecule has 19 heavy (non-hydrogen) atoms. The summed E-state index contributed by atoms with van der Waals surface area (Å²) in [7, 11) is 1.36. The van der Waals surface area contributed by atoms with Crippen molar-refractivity contribution in [2.75, 3.05) is 7.11 Å². The minimum Gasteiger partial charge on any atom is -0.465 e. The number of nitrogens with zero attached hydrogens (tertiary/aromatic N) is 2. The average molecular weight is 325 g/mol. The van der Waals surface area contributed by atoms with E-state index in [1.807, 2.05) is 4.57 Å². The Labute approximate surface area is 118 Å². The van der Waals surface area contributed by atoms with E-state index in [0.29, 0.717) is 5.56 Å². The number of carbonyl (C=O) groups is 1. The van der Waals surface area contributed by atoms with E-state index in [1.54, 1.807) is 18.5 Å². The number of esters is 1. The van der Waals surface area contributed by atoms with Gasteiger partial charge in [0.1, 0.15) is 0 Å². The third-order valence-electron chi connectivity index (χ3n) is 3.53. The van der Waals surface area contributed by atoms with Crippen LogP contribution in [0.15, 0.2) is 22.9 Å². The van der Waals surface area contributed by atoms with Crippen LogP contribution < -0.4 is 0 Å². The molecule has 1 N–H and O–H groups in total. The smallest absolute Gasteiger partial charge is 0.337 e. The normalized spacial score (nSPS) is 22.3. The first-order valence-electron chi connectivity index (χ1n) is 6.02. The first kappa shape index (κ1) is 12.6. The number of rotatable bonds is 2. The molecule has 100 valence electrons. The lowest BCUT2D eigenvalue weighted by molar-refractivity contribution is 0.0501. The molecule has 1 aromatic heterocycles. The van der Waals surface area contributed by atoms with E-state index >= 15 is 0 Å². The summed E-state index contributed by atoms with van der Waals surface area (Å²) >= 11 is 3.48. The van der Waals surface area contributed by atoms with Gasteiger partial charge in [0, 0.05) is 10.5 Å². The quantitative estimate of drug-likeness (QED) is 0.861. The molecule has 1 heterocycles. The van der Waals surface area contributed by atoms with Crippen LogP contribution in [0, 0.1) is 0 Å². The Balaban J connectivity index is 2.06. The van der Waals surface area contributed by atoms with E-state index in [-0.39, 0.29) is 18.1 Å². The summed E-state index contributed by atoms with van der Waals surface area (Å²) in [6.07, 6.45) is 3.04. The highest BCUT2D eigenvalue weighted by Gasteiger charge is 2.30. The Morgan fingerprint density at radius 3 is 2.89 bits per heavy atom. The van der Waals surface area contributed by atoms with Gasteiger partial charge in [-0.2, -0.15) is 0 Å². The molecule has 1 saturated carbocycles. The molecule has 0 bridgehead atoms. The molecular formula is C13H13BrN2O3. The van der Waals surface area contributed by atoms with Crippen LogP contribution in [0.4, 0.5) is 0 Å². The minimum atomic E-state index is -0.379. The highest BCUT2D eigenvalue weighted by atomic mass is 79.9. The van der Waals surface area contributed by atoms with Gasteiger partial charge in [-0.15, -0.1) is 0 Å². The lowest BCUT2D eigenvalue weighted by Crippen LogP contribution is -2.30. The van der Waals surface area contributed by atoms with Gasteiger partial charge in [-0.1, -0.05) is 0 Å². The van der Waals surface area contributed by atoms with E-state index < -0.39 is 0 Å². The predicted molar refractivity (Wildman–Crippen MR) is 73.1 cm³/mol. The average Bonchev–Trinajstić information content (AvgIpc) is 2.78. The van der Waals surface area contributed by atoms with Gasteiger partial charge in [0.25, 0.3) is 0 Å². The van der Waals surface area contributed by atoms with Crippen molar-refractivity contribution in [2.24, 2.45) is 0 Å². The Kier molecular flexibility index (Phi) is 3.06. The van der Waals surface area contributed by atoms with E-state index in [9.17, 15) is 9.90 Å². The van der Waals surface area contributed by atoms with Crippen LogP contribution >= 0.6 is 15.9 Å². The largest absolute Gasteiger partial charge is 0.465 e. The summed E-state index contributed by atoms with van der Waals surface area (Å²) in [5.41, 5.74) is 2.17. The van der Waals surface area contributed by atoms with E-state index in [4.69, 9.17) is 4.74 Å². The fraction of sp³-hybridized carbons (Fsp3) is 0.385. The van der Waals surface area contributed by atoms with Crippen LogP contribution in [0.3, 0.4) is 0 Å². The first-order chi connectivity index (χ1) is 9.10. The molecule has 1 fully saturated rings. The van der Waals surface area contributed by atoms with E-state index in [0.717, 1.165) is 28.3 Å². The van der Waals surface area contributed by atoms with Crippen LogP contribution in [0.5, 0.6) is 0 Å². The van der Waals surface area contributed by atoms with Gasteiger partial charge in [0.2, 0.25) is 0 Å². The van der Waals surface area contributed by atoms with Gasteiger partial charge >= 0.3 is 5.97 Å². The lowest BCUT2D eigenvalue weighted by Gasteiger charge is -2.32. The number of hydrogen-bond donors (Lipinski definition) is 1. The lowest BCUT2D eigenvalue weighted by atomic mass is 9.89. The maximum atomic E-state index is 11.5. The van der Waals surface area contributed by atoms with Crippen LogP contribution in [0.2, 0.25) is 0 Å². The second-order valence-corrected chi connectivity index (χ2v) is 5.60. The zero-order chi connectivity index (χ0) is 13.6. The van der Waals surface area contributed by atoms with Gasteiger partial charge in [0.05, 0.1) is 36.1 Å². The maximum Gasteiger partial charge on any atom is 0.337 e. The fourth-order valence-corrected chi connectivity index (χ4v) is 3.07. The Morgan fingerprint density at radius 2 is 2.26 bits per heavy atom. The molecule has 0 unspecified atom stereocenters. The monoisotopic (exact) mass is 324 g/mol. The Hall–Kier alpha value is -1.40. The molecule has 0 aliphatic heterocycles. The first-order valence-corrected chi connectivity index (χ1v) is 6.82. The number of methoxy groups -OCH3 is 1. The topological polar surface area (TPSA) is 64.3 Å². The van der Waals surface area contributed by atoms with Crippen molar-refractivity contribution < 1.29 is 14.6 Å². The van der Waals surface area contributed by atoms with Crippen molar-refractivity contribution in [3.63, 3.8) is 0 Å². The Morgan fingerprint density at radius 1 is 1.53 bits per heavy atom. The zero-order valence-electron chi connectivity index (χ0n) is 10.3. The number of fused-ring (bicyclic) bond motifs is 1. The van der Waals surface area contributed by atoms with Crippen molar-refractivity contribution in [3.8, 4) is 0 Å². The van der Waals surface area contributed by atoms with Crippen LogP contribution in [-0.4, -0.2) is 33.8 Å². The highest BCUT2D eigenvalue weighted by Crippen LogP contribution is 2.36. The highest BCUT2D eigenvalue weighted by molar-refractivity contribution is 9.10. The molecule has 1 aromatic carbocycles. The molecular weight excluding hydrogens is 312 g/mol. The summed E-state index contributed by atoms with van der Waals surface area (Å²) < 4.78 is 7.57. The van der Waals surface area contributed by atoms with Gasteiger partial charge in [-0.3, -0.25) is 0 Å². The van der Waals surface area contributed by atoms with Crippen molar-refractivity contribution >= 4 is 32.9 Å². The predicted octanol–water partition coefficient (Wildman–Crippen LogP) is 2.28. The molecule has 0 radical (unpaired) electrons. The summed E-state index contributed by atoms with van der Waals surface area (Å²) in [6, 6.07) is 3.74. The van der Waals surface area contributed by atoms with Gasteiger partial charge < -0.3 is 14.4 Å². The van der Waals surface area contributed by atoms with Crippen molar-refractivity contribution in [3.05, 3.63) is 28.5 Å². The molecule has 1 aliphatic carbocycles. The number of aliphatic hydroxyl groups excluding tert-OH is 1. The van der Waals surface area contributed by atoms with Gasteiger partial charge in [-0.05, 0) is 40.9 Å². The summed E-state index contributed by atoms with van der Waals surface area (Å²) in [5.74, 6) is -0.379. The second kappa shape index (κ2) is 4.61. The number of hydrogen-bond acceptors (Lipinski definition) is 4. The fourth-order valence-electron chi connectivity index (χ4n) is 2.42. The second-order valence-electron chi connectivity index (χ2n) is 4.75. The van der Waals surface area contributed by atoms with Gasteiger partial charge in [-0.25, -0.2) is 9.78 Å². The SMILES string of the molecule is COC(=O)c1cc(Br)c2c(c1)ncn2C1CC(O)C1. The third-order valence-corrected chi connectivity index (χ3v) is 4.13.